The van der Waals surface area contributed by atoms with Crippen LogP contribution in [0.15, 0.2) is 60.7 Å². The fraction of sp³-hybridized carbons (Fsp3) is 0.469. The summed E-state index contributed by atoms with van der Waals surface area (Å²) in [5.41, 5.74) is 1.72. The maximum Gasteiger partial charge on any atom is 0.246 e. The molecule has 2 fully saturated rings. The zero-order valence-electron chi connectivity index (χ0n) is 23.5. The van der Waals surface area contributed by atoms with E-state index >= 15 is 0 Å². The van der Waals surface area contributed by atoms with Crippen LogP contribution in [-0.4, -0.2) is 77.0 Å². The summed E-state index contributed by atoms with van der Waals surface area (Å²) >= 11 is 3.11. The first-order valence-corrected chi connectivity index (χ1v) is 15.6. The number of hydrogen-bond donors (Lipinski definition) is 4. The second-order valence-electron chi connectivity index (χ2n) is 10.7. The second-order valence-corrected chi connectivity index (χ2v) is 11.3. The molecule has 11 heteroatoms. The monoisotopic (exact) mass is 655 g/mol. The standard InChI is InChI=1S/C31H38BrN5O5.CH4/c32-20-27(38)33-16-8-7-14-23-28(39)35-24(18-21-10-3-1-4-11-21)29(40)36-25(19-22-12-5-2-6-13-22)31(42)37-17-9-15-26(37)30(41)34-23;/h1-6,10-13,23-26H,7-9,14-20H2,(H,33,38)(H,34,41)(H,35,39)(H,36,40);1H4/t23-,24-,25-,26+;/m0./s1. The largest absolute Gasteiger partial charge is 0.355 e. The quantitative estimate of drug-likeness (QED) is 0.230. The number of carbonyl (C=O) groups excluding carboxylic acids is 5. The molecule has 2 aliphatic heterocycles. The van der Waals surface area contributed by atoms with Crippen LogP contribution in [-0.2, 0) is 36.8 Å². The van der Waals surface area contributed by atoms with E-state index in [9.17, 15) is 24.0 Å². The SMILES string of the molecule is C.O=C(CBr)NCCCC[C@@H]1NC(=O)[C@H]2CCCN2C(=O)[C@H](Cc2ccccc2)NC(=O)[C@H](Cc2ccccc2)NC1=O. The Balaban J connectivity index is 0.00000506. The molecule has 4 rings (SSSR count). The Morgan fingerprint density at radius 3 is 1.98 bits per heavy atom. The highest BCUT2D eigenvalue weighted by molar-refractivity contribution is 9.09. The summed E-state index contributed by atoms with van der Waals surface area (Å²) in [6.07, 6.45) is 3.10. The molecule has 4 atom stereocenters. The van der Waals surface area contributed by atoms with Gasteiger partial charge >= 0.3 is 0 Å². The van der Waals surface area contributed by atoms with Crippen LogP contribution in [0.4, 0.5) is 0 Å². The predicted molar refractivity (Wildman–Crippen MR) is 168 cm³/mol. The summed E-state index contributed by atoms with van der Waals surface area (Å²) in [7, 11) is 0. The maximum absolute atomic E-state index is 13.9. The Morgan fingerprint density at radius 1 is 0.791 bits per heavy atom. The van der Waals surface area contributed by atoms with Gasteiger partial charge < -0.3 is 26.2 Å². The Kier molecular flexibility index (Phi) is 13.2. The lowest BCUT2D eigenvalue weighted by Gasteiger charge is -2.32. The number of benzene rings is 2. The lowest BCUT2D eigenvalue weighted by molar-refractivity contribution is -0.143. The highest BCUT2D eigenvalue weighted by Gasteiger charge is 2.40. The third-order valence-electron chi connectivity index (χ3n) is 7.65. The summed E-state index contributed by atoms with van der Waals surface area (Å²) in [4.78, 5) is 67.8. The molecule has 4 N–H and O–H groups in total. The molecule has 0 spiro atoms. The van der Waals surface area contributed by atoms with Crippen LogP contribution in [0.2, 0.25) is 0 Å². The number of alkyl halides is 1. The first-order chi connectivity index (χ1) is 20.4. The Morgan fingerprint density at radius 2 is 1.35 bits per heavy atom. The minimum Gasteiger partial charge on any atom is -0.355 e. The van der Waals surface area contributed by atoms with Gasteiger partial charge in [-0.05, 0) is 43.2 Å². The van der Waals surface area contributed by atoms with E-state index in [0.717, 1.165) is 11.1 Å². The minimum absolute atomic E-state index is 0. The molecule has 10 nitrogen and oxygen atoms in total. The Hall–Kier alpha value is -3.73. The van der Waals surface area contributed by atoms with Gasteiger partial charge in [0, 0.05) is 25.9 Å². The third kappa shape index (κ3) is 9.64. The van der Waals surface area contributed by atoms with Crippen molar-refractivity contribution in [2.24, 2.45) is 0 Å². The topological polar surface area (TPSA) is 137 Å². The third-order valence-corrected chi connectivity index (χ3v) is 8.16. The first-order valence-electron chi connectivity index (χ1n) is 14.5. The van der Waals surface area contributed by atoms with Crippen LogP contribution < -0.4 is 21.3 Å². The van der Waals surface area contributed by atoms with Crippen LogP contribution in [0.5, 0.6) is 0 Å². The molecule has 43 heavy (non-hydrogen) atoms. The van der Waals surface area contributed by atoms with Crippen LogP contribution in [0.3, 0.4) is 0 Å². The molecule has 2 heterocycles. The van der Waals surface area contributed by atoms with Crippen molar-refractivity contribution < 1.29 is 24.0 Å². The average molecular weight is 657 g/mol. The Labute approximate surface area is 261 Å². The van der Waals surface area contributed by atoms with Gasteiger partial charge in [0.2, 0.25) is 29.5 Å². The zero-order chi connectivity index (χ0) is 29.9. The summed E-state index contributed by atoms with van der Waals surface area (Å²) < 4.78 is 0. The zero-order valence-corrected chi connectivity index (χ0v) is 25.1. The van der Waals surface area contributed by atoms with E-state index in [1.54, 1.807) is 4.90 Å². The molecule has 0 aliphatic carbocycles. The minimum atomic E-state index is -0.961. The maximum atomic E-state index is 13.9. The van der Waals surface area contributed by atoms with Crippen LogP contribution >= 0.6 is 15.9 Å². The normalized spacial score (nSPS) is 22.6. The molecule has 2 saturated heterocycles. The summed E-state index contributed by atoms with van der Waals surface area (Å²) in [5, 5.41) is 11.6. The van der Waals surface area contributed by atoms with Crippen molar-refractivity contribution in [1.29, 1.82) is 0 Å². The highest BCUT2D eigenvalue weighted by atomic mass is 79.9. The van der Waals surface area contributed by atoms with Gasteiger partial charge in [-0.15, -0.1) is 0 Å². The van der Waals surface area contributed by atoms with Crippen molar-refractivity contribution >= 4 is 45.5 Å². The molecule has 2 aromatic carbocycles. The van der Waals surface area contributed by atoms with E-state index in [2.05, 4.69) is 37.2 Å². The molecule has 0 bridgehead atoms. The number of carbonyl (C=O) groups is 5. The van der Waals surface area contributed by atoms with Crippen molar-refractivity contribution in [2.45, 2.75) is 76.5 Å². The van der Waals surface area contributed by atoms with Crippen molar-refractivity contribution in [2.75, 3.05) is 18.4 Å². The van der Waals surface area contributed by atoms with E-state index in [4.69, 9.17) is 0 Å². The number of nitrogens with zero attached hydrogens (tertiary/aromatic N) is 1. The second kappa shape index (κ2) is 16.8. The lowest BCUT2D eigenvalue weighted by Crippen LogP contribution is -2.62. The first kappa shape index (κ1) is 33.8. The number of hydrogen-bond acceptors (Lipinski definition) is 5. The summed E-state index contributed by atoms with van der Waals surface area (Å²) in [5.74, 6) is -1.73. The van der Waals surface area contributed by atoms with Gasteiger partial charge in [0.25, 0.3) is 0 Å². The lowest BCUT2D eigenvalue weighted by atomic mass is 10.00. The van der Waals surface area contributed by atoms with Gasteiger partial charge in [0.1, 0.15) is 24.2 Å². The molecule has 2 aromatic rings. The number of halogens is 1. The number of nitrogens with one attached hydrogen (secondary N) is 4. The number of amides is 5. The van der Waals surface area contributed by atoms with Gasteiger partial charge in [0.15, 0.2) is 0 Å². The predicted octanol–water partition coefficient (Wildman–Crippen LogP) is 2.25. The molecule has 0 unspecified atom stereocenters. The Bertz CT molecular complexity index is 1250. The molecule has 0 radical (unpaired) electrons. The van der Waals surface area contributed by atoms with Crippen molar-refractivity contribution in [3.8, 4) is 0 Å². The van der Waals surface area contributed by atoms with E-state index in [0.29, 0.717) is 45.2 Å². The summed E-state index contributed by atoms with van der Waals surface area (Å²) in [6, 6.07) is 15.3. The van der Waals surface area contributed by atoms with Crippen LogP contribution in [0, 0.1) is 0 Å². The molecule has 5 amide bonds. The van der Waals surface area contributed by atoms with E-state index in [-0.39, 0.29) is 43.3 Å². The summed E-state index contributed by atoms with van der Waals surface area (Å²) in [6.45, 7) is 0.842. The van der Waals surface area contributed by atoms with Gasteiger partial charge in [-0.3, -0.25) is 24.0 Å². The van der Waals surface area contributed by atoms with Gasteiger partial charge in [0.05, 0.1) is 5.33 Å². The molecular weight excluding hydrogens is 614 g/mol. The molecule has 0 saturated carbocycles. The number of unbranched alkanes of at least 4 members (excludes halogenated alkanes) is 1. The van der Waals surface area contributed by atoms with E-state index in [1.807, 2.05) is 60.7 Å². The van der Waals surface area contributed by atoms with Gasteiger partial charge in [-0.2, -0.15) is 0 Å². The van der Waals surface area contributed by atoms with Crippen molar-refractivity contribution in [3.05, 3.63) is 71.8 Å². The highest BCUT2D eigenvalue weighted by Crippen LogP contribution is 2.21. The van der Waals surface area contributed by atoms with E-state index < -0.39 is 36.0 Å². The number of rotatable bonds is 10. The molecule has 2 aliphatic rings. The van der Waals surface area contributed by atoms with Crippen molar-refractivity contribution in [1.82, 2.24) is 26.2 Å². The van der Waals surface area contributed by atoms with Crippen LogP contribution in [0.1, 0.15) is 50.7 Å². The van der Waals surface area contributed by atoms with Crippen LogP contribution in [0.25, 0.3) is 0 Å². The number of fused-ring (bicyclic) bond motifs is 1. The molecule has 0 aromatic heterocycles. The fourth-order valence-corrected chi connectivity index (χ4v) is 5.64. The molecule has 232 valence electrons. The van der Waals surface area contributed by atoms with Gasteiger partial charge in [-0.1, -0.05) is 84.0 Å². The van der Waals surface area contributed by atoms with E-state index in [1.165, 1.54) is 0 Å². The smallest absolute Gasteiger partial charge is 0.246 e. The fourth-order valence-electron chi connectivity index (χ4n) is 5.44. The molecular formula is C32H42BrN5O5. The van der Waals surface area contributed by atoms with Crippen molar-refractivity contribution in [3.63, 3.8) is 0 Å². The average Bonchev–Trinajstić information content (AvgIpc) is 3.50. The van der Waals surface area contributed by atoms with Gasteiger partial charge in [-0.25, -0.2) is 0 Å².